The van der Waals surface area contributed by atoms with Gasteiger partial charge >= 0.3 is 0 Å². The molecule has 0 atom stereocenters. The summed E-state index contributed by atoms with van der Waals surface area (Å²) in [6.45, 7) is 5.12. The van der Waals surface area contributed by atoms with E-state index >= 15 is 0 Å². The van der Waals surface area contributed by atoms with Gasteiger partial charge in [-0.25, -0.2) is 0 Å². The fourth-order valence-electron chi connectivity index (χ4n) is 1.29. The Hall–Kier alpha value is -1.16. The normalized spacial score (nSPS) is 10.9. The molecule has 1 rings (SSSR count). The van der Waals surface area contributed by atoms with Crippen molar-refractivity contribution in [2.24, 2.45) is 0 Å². The summed E-state index contributed by atoms with van der Waals surface area (Å²) in [6, 6.07) is 1.83. The zero-order valence-corrected chi connectivity index (χ0v) is 9.24. The summed E-state index contributed by atoms with van der Waals surface area (Å²) in [5.74, 6) is 0.0735. The maximum Gasteiger partial charge on any atom is 0.177 e. The van der Waals surface area contributed by atoms with E-state index in [-0.39, 0.29) is 5.78 Å². The van der Waals surface area contributed by atoms with Crippen molar-refractivity contribution in [1.82, 2.24) is 14.7 Å². The van der Waals surface area contributed by atoms with Crippen LogP contribution >= 0.6 is 0 Å². The third-order valence-electron chi connectivity index (χ3n) is 2.02. The smallest absolute Gasteiger partial charge is 0.177 e. The number of hydrogen-bond acceptors (Lipinski definition) is 3. The zero-order valence-electron chi connectivity index (χ0n) is 9.24. The molecule has 0 bridgehead atoms. The number of carbonyl (C=O) groups is 1. The molecule has 0 fully saturated rings. The lowest BCUT2D eigenvalue weighted by atomic mass is 10.3. The van der Waals surface area contributed by atoms with Crippen LogP contribution in [0.1, 0.15) is 23.1 Å². The first-order valence-corrected chi connectivity index (χ1v) is 4.71. The van der Waals surface area contributed by atoms with Crippen molar-refractivity contribution in [1.29, 1.82) is 0 Å². The van der Waals surface area contributed by atoms with E-state index in [9.17, 15) is 4.79 Å². The molecule has 1 aromatic heterocycles. The number of hydrogen-bond donors (Lipinski definition) is 0. The SMILES string of the molecule is CC(=O)c1cc(C)nn1CCN(C)C. The first-order valence-electron chi connectivity index (χ1n) is 4.71. The molecular formula is C10H17N3O. The first-order chi connectivity index (χ1) is 6.50. The molecular weight excluding hydrogens is 178 g/mol. The molecule has 0 N–H and O–H groups in total. The Morgan fingerprint density at radius 3 is 2.71 bits per heavy atom. The molecule has 0 aliphatic heterocycles. The molecule has 0 aliphatic carbocycles. The number of Topliss-reactive ketones (excluding diaryl/α,β-unsaturated/α-hetero) is 1. The molecule has 14 heavy (non-hydrogen) atoms. The maximum absolute atomic E-state index is 11.2. The maximum atomic E-state index is 11.2. The van der Waals surface area contributed by atoms with Crippen molar-refractivity contribution < 1.29 is 4.79 Å². The second-order valence-electron chi connectivity index (χ2n) is 3.75. The second kappa shape index (κ2) is 4.37. The summed E-state index contributed by atoms with van der Waals surface area (Å²) in [5.41, 5.74) is 1.60. The molecule has 0 amide bonds. The Kier molecular flexibility index (Phi) is 3.41. The molecule has 0 spiro atoms. The second-order valence-corrected chi connectivity index (χ2v) is 3.75. The van der Waals surface area contributed by atoms with Crippen LogP contribution in [0, 0.1) is 6.92 Å². The Morgan fingerprint density at radius 2 is 2.21 bits per heavy atom. The Bertz CT molecular complexity index is 328. The third kappa shape index (κ3) is 2.67. The number of likely N-dealkylation sites (N-methyl/N-ethyl adjacent to an activating group) is 1. The van der Waals surface area contributed by atoms with Crippen molar-refractivity contribution in [2.45, 2.75) is 20.4 Å². The van der Waals surface area contributed by atoms with Gasteiger partial charge in [0.2, 0.25) is 0 Å². The van der Waals surface area contributed by atoms with Crippen LogP contribution in [-0.4, -0.2) is 41.1 Å². The molecule has 0 saturated carbocycles. The fraction of sp³-hybridized carbons (Fsp3) is 0.600. The molecule has 1 heterocycles. The van der Waals surface area contributed by atoms with Gasteiger partial charge in [0.05, 0.1) is 12.2 Å². The van der Waals surface area contributed by atoms with Crippen molar-refractivity contribution in [2.75, 3.05) is 20.6 Å². The topological polar surface area (TPSA) is 38.1 Å². The Labute approximate surface area is 84.5 Å². The van der Waals surface area contributed by atoms with Gasteiger partial charge in [0, 0.05) is 13.5 Å². The average molecular weight is 195 g/mol. The van der Waals surface area contributed by atoms with Crippen LogP contribution in [0.15, 0.2) is 6.07 Å². The highest BCUT2D eigenvalue weighted by Gasteiger charge is 2.09. The predicted octanol–water partition coefficient (Wildman–Crippen LogP) is 0.956. The number of aromatic nitrogens is 2. The van der Waals surface area contributed by atoms with Crippen LogP contribution in [0.5, 0.6) is 0 Å². The molecule has 0 unspecified atom stereocenters. The van der Waals surface area contributed by atoms with Crippen LogP contribution in [0.2, 0.25) is 0 Å². The molecule has 0 radical (unpaired) electrons. The van der Waals surface area contributed by atoms with Crippen LogP contribution in [0.3, 0.4) is 0 Å². The number of nitrogens with zero attached hydrogens (tertiary/aromatic N) is 3. The van der Waals surface area contributed by atoms with Crippen molar-refractivity contribution in [3.8, 4) is 0 Å². The van der Waals surface area contributed by atoms with E-state index in [1.165, 1.54) is 0 Å². The van der Waals surface area contributed by atoms with E-state index in [0.717, 1.165) is 18.8 Å². The monoisotopic (exact) mass is 195 g/mol. The van der Waals surface area contributed by atoms with Crippen molar-refractivity contribution in [3.05, 3.63) is 17.5 Å². The molecule has 4 nitrogen and oxygen atoms in total. The fourth-order valence-corrected chi connectivity index (χ4v) is 1.29. The van der Waals surface area contributed by atoms with E-state index in [0.29, 0.717) is 5.69 Å². The van der Waals surface area contributed by atoms with Crippen molar-refractivity contribution >= 4 is 5.78 Å². The van der Waals surface area contributed by atoms with Gasteiger partial charge in [-0.2, -0.15) is 5.10 Å². The van der Waals surface area contributed by atoms with Gasteiger partial charge in [-0.05, 0) is 27.1 Å². The molecule has 4 heteroatoms. The minimum Gasteiger partial charge on any atom is -0.308 e. The molecule has 0 saturated heterocycles. The third-order valence-corrected chi connectivity index (χ3v) is 2.02. The van der Waals surface area contributed by atoms with Crippen LogP contribution in [0.25, 0.3) is 0 Å². The first kappa shape index (κ1) is 10.9. The van der Waals surface area contributed by atoms with E-state index < -0.39 is 0 Å². The largest absolute Gasteiger partial charge is 0.308 e. The van der Waals surface area contributed by atoms with Crippen LogP contribution in [-0.2, 0) is 6.54 Å². The number of ketones is 1. The lowest BCUT2D eigenvalue weighted by molar-refractivity contribution is 0.100. The lowest BCUT2D eigenvalue weighted by Crippen LogP contribution is -2.21. The van der Waals surface area contributed by atoms with Crippen LogP contribution < -0.4 is 0 Å². The predicted molar refractivity (Wildman–Crippen MR) is 55.5 cm³/mol. The number of rotatable bonds is 4. The standard InChI is InChI=1S/C10H17N3O/c1-8-7-10(9(2)14)13(11-8)6-5-12(3)4/h7H,5-6H2,1-4H3. The van der Waals surface area contributed by atoms with Crippen molar-refractivity contribution in [3.63, 3.8) is 0 Å². The number of carbonyl (C=O) groups excluding carboxylic acids is 1. The average Bonchev–Trinajstić information content (AvgIpc) is 2.43. The molecule has 78 valence electrons. The van der Waals surface area contributed by atoms with Gasteiger partial charge in [0.25, 0.3) is 0 Å². The Morgan fingerprint density at radius 1 is 1.57 bits per heavy atom. The van der Waals surface area contributed by atoms with Gasteiger partial charge in [-0.15, -0.1) is 0 Å². The minimum atomic E-state index is 0.0735. The van der Waals surface area contributed by atoms with E-state index in [4.69, 9.17) is 0 Å². The summed E-state index contributed by atoms with van der Waals surface area (Å²) in [5, 5.41) is 4.27. The van der Waals surface area contributed by atoms with Gasteiger partial charge in [0.15, 0.2) is 5.78 Å². The molecule has 1 aromatic rings. The van der Waals surface area contributed by atoms with E-state index in [1.807, 2.05) is 27.1 Å². The Balaban J connectivity index is 2.79. The quantitative estimate of drug-likeness (QED) is 0.671. The van der Waals surface area contributed by atoms with E-state index in [1.54, 1.807) is 11.6 Å². The highest BCUT2D eigenvalue weighted by molar-refractivity contribution is 5.92. The zero-order chi connectivity index (χ0) is 10.7. The van der Waals surface area contributed by atoms with E-state index in [2.05, 4.69) is 10.00 Å². The highest BCUT2D eigenvalue weighted by Crippen LogP contribution is 2.04. The minimum absolute atomic E-state index is 0.0735. The summed E-state index contributed by atoms with van der Waals surface area (Å²) >= 11 is 0. The van der Waals surface area contributed by atoms with Gasteiger partial charge < -0.3 is 4.90 Å². The number of aryl methyl sites for hydroxylation is 1. The summed E-state index contributed by atoms with van der Waals surface area (Å²) < 4.78 is 1.78. The summed E-state index contributed by atoms with van der Waals surface area (Å²) in [6.07, 6.45) is 0. The van der Waals surface area contributed by atoms with Gasteiger partial charge in [-0.1, -0.05) is 0 Å². The molecule has 0 aromatic carbocycles. The molecule has 0 aliphatic rings. The summed E-state index contributed by atoms with van der Waals surface area (Å²) in [7, 11) is 4.01. The lowest BCUT2D eigenvalue weighted by Gasteiger charge is -2.10. The summed E-state index contributed by atoms with van der Waals surface area (Å²) in [4.78, 5) is 13.3. The van der Waals surface area contributed by atoms with Gasteiger partial charge in [-0.3, -0.25) is 9.48 Å². The van der Waals surface area contributed by atoms with Gasteiger partial charge in [0.1, 0.15) is 5.69 Å². The highest BCUT2D eigenvalue weighted by atomic mass is 16.1. The van der Waals surface area contributed by atoms with Crippen LogP contribution in [0.4, 0.5) is 0 Å².